The second kappa shape index (κ2) is 7.47. The van der Waals surface area contributed by atoms with Crippen LogP contribution in [-0.4, -0.2) is 53.3 Å². The normalized spacial score (nSPS) is 17.4. The lowest BCUT2D eigenvalue weighted by atomic mass is 9.95. The van der Waals surface area contributed by atoms with Gasteiger partial charge in [-0.3, -0.25) is 4.90 Å². The fraction of sp³-hybridized carbons (Fsp3) is 0.750. The van der Waals surface area contributed by atoms with Gasteiger partial charge in [0.05, 0.1) is 0 Å². The molecule has 0 N–H and O–H groups in total. The highest BCUT2D eigenvalue weighted by Gasteiger charge is 2.35. The van der Waals surface area contributed by atoms with Gasteiger partial charge in [-0.05, 0) is 13.0 Å². The summed E-state index contributed by atoms with van der Waals surface area (Å²) in [6.07, 6.45) is -3.50. The minimum atomic E-state index is -4.47. The summed E-state index contributed by atoms with van der Waals surface area (Å²) in [6.45, 7) is 9.35. The summed E-state index contributed by atoms with van der Waals surface area (Å²) in [7, 11) is 0. The van der Waals surface area contributed by atoms with E-state index < -0.39 is 17.3 Å². The summed E-state index contributed by atoms with van der Waals surface area (Å²) in [5.74, 6) is 1.32. The van der Waals surface area contributed by atoms with Gasteiger partial charge in [0, 0.05) is 43.4 Å². The molecule has 0 spiro atoms. The van der Waals surface area contributed by atoms with Crippen molar-refractivity contribution in [1.82, 2.24) is 14.9 Å². The largest absolute Gasteiger partial charge is 0.433 e. The average molecular weight is 361 g/mol. The molecule has 0 unspecified atom stereocenters. The van der Waals surface area contributed by atoms with Crippen LogP contribution < -0.4 is 4.90 Å². The SMILES string of the molecule is CC(C)(C)c1nc(N2CCN(CCC[S])CC2)cc(C(F)(F)F)n1. The van der Waals surface area contributed by atoms with Crippen LogP contribution in [0.15, 0.2) is 6.07 Å². The molecule has 1 aliphatic rings. The number of halogens is 3. The predicted molar refractivity (Wildman–Crippen MR) is 91.5 cm³/mol. The van der Waals surface area contributed by atoms with Gasteiger partial charge in [0.15, 0.2) is 0 Å². The molecule has 2 heterocycles. The van der Waals surface area contributed by atoms with E-state index in [9.17, 15) is 13.2 Å². The van der Waals surface area contributed by atoms with Crippen molar-refractivity contribution >= 4 is 18.4 Å². The second-order valence-corrected chi connectivity index (χ2v) is 7.48. The van der Waals surface area contributed by atoms with E-state index in [-0.39, 0.29) is 5.82 Å². The zero-order valence-corrected chi connectivity index (χ0v) is 15.2. The van der Waals surface area contributed by atoms with Crippen molar-refractivity contribution in [2.24, 2.45) is 0 Å². The van der Waals surface area contributed by atoms with Crippen molar-refractivity contribution in [3.63, 3.8) is 0 Å². The number of nitrogens with zero attached hydrogens (tertiary/aromatic N) is 4. The number of aromatic nitrogens is 2. The van der Waals surface area contributed by atoms with E-state index in [0.29, 0.717) is 18.9 Å². The van der Waals surface area contributed by atoms with E-state index in [1.165, 1.54) is 0 Å². The van der Waals surface area contributed by atoms with Crippen LogP contribution in [0.2, 0.25) is 0 Å². The Hall–Kier alpha value is -1.02. The summed E-state index contributed by atoms with van der Waals surface area (Å²) in [6, 6.07) is 1.06. The number of anilines is 1. The molecule has 1 saturated heterocycles. The Bertz CT molecular complexity index is 517. The fourth-order valence-electron chi connectivity index (χ4n) is 2.57. The van der Waals surface area contributed by atoms with Gasteiger partial charge in [-0.25, -0.2) is 9.97 Å². The molecular formula is C16H24F3N4S. The van der Waals surface area contributed by atoms with Crippen LogP contribution in [0.4, 0.5) is 19.0 Å². The Morgan fingerprint density at radius 3 is 2.21 bits per heavy atom. The van der Waals surface area contributed by atoms with E-state index >= 15 is 0 Å². The molecule has 0 amide bonds. The lowest BCUT2D eigenvalue weighted by Gasteiger charge is -2.36. The maximum atomic E-state index is 13.2. The quantitative estimate of drug-likeness (QED) is 0.822. The fourth-order valence-corrected chi connectivity index (χ4v) is 2.69. The number of alkyl halides is 3. The molecule has 0 bridgehead atoms. The molecule has 24 heavy (non-hydrogen) atoms. The third kappa shape index (κ3) is 4.99. The van der Waals surface area contributed by atoms with Crippen molar-refractivity contribution in [2.45, 2.75) is 38.8 Å². The average Bonchev–Trinajstić information content (AvgIpc) is 2.51. The Balaban J connectivity index is 2.21. The Morgan fingerprint density at radius 2 is 1.71 bits per heavy atom. The molecule has 1 radical (unpaired) electrons. The molecule has 1 aromatic heterocycles. The zero-order valence-electron chi connectivity index (χ0n) is 14.4. The highest BCUT2D eigenvalue weighted by Crippen LogP contribution is 2.32. The molecule has 0 saturated carbocycles. The van der Waals surface area contributed by atoms with Crippen molar-refractivity contribution in [2.75, 3.05) is 43.4 Å². The number of rotatable bonds is 4. The van der Waals surface area contributed by atoms with Crippen LogP contribution in [0.3, 0.4) is 0 Å². The predicted octanol–water partition coefficient (Wildman–Crippen LogP) is 3.50. The van der Waals surface area contributed by atoms with Crippen molar-refractivity contribution in [3.8, 4) is 0 Å². The van der Waals surface area contributed by atoms with Crippen molar-refractivity contribution < 1.29 is 13.2 Å². The number of hydrogen-bond acceptors (Lipinski definition) is 4. The van der Waals surface area contributed by atoms with Crippen LogP contribution in [0.5, 0.6) is 0 Å². The van der Waals surface area contributed by atoms with E-state index in [4.69, 9.17) is 12.6 Å². The van der Waals surface area contributed by atoms with Crippen LogP contribution in [0.25, 0.3) is 0 Å². The third-order valence-electron chi connectivity index (χ3n) is 3.99. The first kappa shape index (κ1) is 19.3. The van der Waals surface area contributed by atoms with Gasteiger partial charge in [-0.2, -0.15) is 13.2 Å². The highest BCUT2D eigenvalue weighted by atomic mass is 32.1. The number of hydrogen-bond donors (Lipinski definition) is 0. The molecule has 0 atom stereocenters. The van der Waals surface area contributed by atoms with Gasteiger partial charge >= 0.3 is 6.18 Å². The lowest BCUT2D eigenvalue weighted by molar-refractivity contribution is -0.141. The van der Waals surface area contributed by atoms with Gasteiger partial charge in [0.1, 0.15) is 17.3 Å². The summed E-state index contributed by atoms with van der Waals surface area (Å²) in [4.78, 5) is 12.4. The van der Waals surface area contributed by atoms with Crippen LogP contribution in [-0.2, 0) is 11.6 Å². The van der Waals surface area contributed by atoms with Gasteiger partial charge < -0.3 is 4.90 Å². The first-order valence-corrected chi connectivity index (χ1v) is 8.71. The van der Waals surface area contributed by atoms with Gasteiger partial charge in [-0.1, -0.05) is 33.4 Å². The molecule has 8 heteroatoms. The number of piperazine rings is 1. The summed E-state index contributed by atoms with van der Waals surface area (Å²) >= 11 is 4.96. The summed E-state index contributed by atoms with van der Waals surface area (Å²) in [5, 5.41) is 0. The molecule has 1 aliphatic heterocycles. The molecule has 1 fully saturated rings. The molecule has 1 aromatic rings. The van der Waals surface area contributed by atoms with Crippen molar-refractivity contribution in [3.05, 3.63) is 17.6 Å². The monoisotopic (exact) mass is 361 g/mol. The van der Waals surface area contributed by atoms with Crippen molar-refractivity contribution in [1.29, 1.82) is 0 Å². The first-order valence-electron chi connectivity index (χ1n) is 8.13. The molecule has 0 aromatic carbocycles. The minimum absolute atomic E-state index is 0.223. The smallest absolute Gasteiger partial charge is 0.354 e. The highest BCUT2D eigenvalue weighted by molar-refractivity contribution is 7.80. The maximum Gasteiger partial charge on any atom is 0.433 e. The van der Waals surface area contributed by atoms with Crippen LogP contribution in [0, 0.1) is 0 Å². The summed E-state index contributed by atoms with van der Waals surface area (Å²) < 4.78 is 39.5. The van der Waals surface area contributed by atoms with Crippen LogP contribution in [0.1, 0.15) is 38.7 Å². The molecular weight excluding hydrogens is 337 g/mol. The van der Waals surface area contributed by atoms with E-state index in [1.807, 2.05) is 25.7 Å². The Morgan fingerprint density at radius 1 is 1.08 bits per heavy atom. The lowest BCUT2D eigenvalue weighted by Crippen LogP contribution is -2.47. The van der Waals surface area contributed by atoms with Gasteiger partial charge in [0.25, 0.3) is 0 Å². The molecule has 4 nitrogen and oxygen atoms in total. The maximum absolute atomic E-state index is 13.2. The second-order valence-electron chi connectivity index (χ2n) is 7.07. The van der Waals surface area contributed by atoms with E-state index in [0.717, 1.165) is 37.9 Å². The molecule has 135 valence electrons. The van der Waals surface area contributed by atoms with E-state index in [1.54, 1.807) is 0 Å². The first-order chi connectivity index (χ1) is 11.1. The Labute approximate surface area is 146 Å². The minimum Gasteiger partial charge on any atom is -0.354 e. The third-order valence-corrected chi connectivity index (χ3v) is 4.28. The molecule has 2 rings (SSSR count). The van der Waals surface area contributed by atoms with Gasteiger partial charge in [-0.15, -0.1) is 0 Å². The van der Waals surface area contributed by atoms with Crippen LogP contribution >= 0.6 is 12.6 Å². The Kier molecular flexibility index (Phi) is 6.01. The topological polar surface area (TPSA) is 32.3 Å². The summed E-state index contributed by atoms with van der Waals surface area (Å²) in [5.41, 5.74) is -1.41. The van der Waals surface area contributed by atoms with Gasteiger partial charge in [0.2, 0.25) is 0 Å². The zero-order chi connectivity index (χ0) is 18.0. The molecule has 0 aliphatic carbocycles. The standard InChI is InChI=1S/C16H24F3N4S/c1-15(2,3)14-20-12(16(17,18)19)11-13(21-14)23-8-6-22(7-9-23)5-4-10-24/h11H,4-10H2,1-3H3. The van der Waals surface area contributed by atoms with E-state index in [2.05, 4.69) is 14.9 Å².